The second-order valence-corrected chi connectivity index (χ2v) is 6.07. The quantitative estimate of drug-likeness (QED) is 0.513. The van der Waals surface area contributed by atoms with Gasteiger partial charge in [0.05, 0.1) is 6.33 Å². The minimum atomic E-state index is -3.84. The van der Waals surface area contributed by atoms with Gasteiger partial charge in [0.15, 0.2) is 0 Å². The van der Waals surface area contributed by atoms with Crippen LogP contribution >= 0.6 is 0 Å². The number of hydrogen-bond acceptors (Lipinski definition) is 4. The Hall–Kier alpha value is -1.45. The van der Waals surface area contributed by atoms with E-state index in [4.69, 9.17) is 5.11 Å². The van der Waals surface area contributed by atoms with Crippen LogP contribution in [0.4, 0.5) is 0 Å². The summed E-state index contributed by atoms with van der Waals surface area (Å²) >= 11 is 0. The summed E-state index contributed by atoms with van der Waals surface area (Å²) in [4.78, 5) is 17.5. The first-order valence-electron chi connectivity index (χ1n) is 5.77. The van der Waals surface area contributed by atoms with Crippen molar-refractivity contribution in [2.75, 3.05) is 6.54 Å². The minimum Gasteiger partial charge on any atom is -0.480 e. The maximum atomic E-state index is 11.7. The lowest BCUT2D eigenvalue weighted by Gasteiger charge is -2.15. The van der Waals surface area contributed by atoms with Crippen LogP contribution in [0.25, 0.3) is 0 Å². The first kappa shape index (κ1) is 15.6. The van der Waals surface area contributed by atoms with E-state index in [9.17, 15) is 13.2 Å². The molecule has 1 aromatic heterocycles. The fourth-order valence-electron chi connectivity index (χ4n) is 1.30. The third kappa shape index (κ3) is 5.81. The van der Waals surface area contributed by atoms with E-state index in [-0.39, 0.29) is 18.9 Å². The van der Waals surface area contributed by atoms with E-state index in [0.717, 1.165) is 0 Å². The molecule has 0 aromatic carbocycles. The number of aliphatic carboxylic acids is 1. The molecule has 1 aromatic rings. The first-order valence-corrected chi connectivity index (χ1v) is 7.25. The van der Waals surface area contributed by atoms with Gasteiger partial charge < -0.3 is 10.1 Å². The Morgan fingerprint density at radius 2 is 2.21 bits per heavy atom. The van der Waals surface area contributed by atoms with E-state index in [2.05, 4.69) is 19.4 Å². The molecule has 0 saturated heterocycles. The summed E-state index contributed by atoms with van der Waals surface area (Å²) < 4.78 is 27.7. The summed E-state index contributed by atoms with van der Waals surface area (Å²) in [5.41, 5.74) is 0.541. The van der Waals surface area contributed by atoms with Gasteiger partial charge >= 0.3 is 5.97 Å². The number of H-pyrrole nitrogens is 1. The molecule has 0 saturated carbocycles. The molecule has 8 nitrogen and oxygen atoms in total. The molecule has 1 atom stereocenters. The first-order chi connectivity index (χ1) is 8.80. The van der Waals surface area contributed by atoms with E-state index >= 15 is 0 Å². The maximum absolute atomic E-state index is 11.7. The standard InChI is InChI=1S/C10H18N4O4S/c1-7(2)4-13-19(17,18)14-9(10(15)16)3-8-5-11-6-12-8/h5-7,9,13-14H,3-4H2,1-2H3,(H,11,12)(H,15,16)/t9-/m0/s1. The van der Waals surface area contributed by atoms with Crippen molar-refractivity contribution in [3.8, 4) is 0 Å². The highest BCUT2D eigenvalue weighted by Crippen LogP contribution is 2.00. The summed E-state index contributed by atoms with van der Waals surface area (Å²) in [6.45, 7) is 3.94. The zero-order chi connectivity index (χ0) is 14.5. The van der Waals surface area contributed by atoms with E-state index in [1.807, 2.05) is 13.8 Å². The number of hydrogen-bond donors (Lipinski definition) is 4. The lowest BCUT2D eigenvalue weighted by atomic mass is 10.2. The molecule has 4 N–H and O–H groups in total. The van der Waals surface area contributed by atoms with Gasteiger partial charge in [-0.1, -0.05) is 13.8 Å². The second kappa shape index (κ2) is 6.64. The van der Waals surface area contributed by atoms with Gasteiger partial charge in [0.1, 0.15) is 6.04 Å². The topological polar surface area (TPSA) is 124 Å². The number of rotatable bonds is 8. The molecule has 0 unspecified atom stereocenters. The lowest BCUT2D eigenvalue weighted by Crippen LogP contribution is -2.48. The zero-order valence-corrected chi connectivity index (χ0v) is 11.6. The van der Waals surface area contributed by atoms with Crippen LogP contribution in [0.1, 0.15) is 19.5 Å². The average molecular weight is 290 g/mol. The molecule has 0 aliphatic carbocycles. The Balaban J connectivity index is 2.65. The van der Waals surface area contributed by atoms with Crippen LogP contribution in [0, 0.1) is 5.92 Å². The molecule has 0 spiro atoms. The number of nitrogens with one attached hydrogen (secondary N) is 3. The van der Waals surface area contributed by atoms with Crippen LogP contribution in [-0.2, 0) is 21.4 Å². The summed E-state index contributed by atoms with van der Waals surface area (Å²) in [5.74, 6) is -1.11. The molecule has 0 aliphatic rings. The molecule has 0 fully saturated rings. The zero-order valence-electron chi connectivity index (χ0n) is 10.8. The van der Waals surface area contributed by atoms with E-state index in [1.54, 1.807) is 0 Å². The van der Waals surface area contributed by atoms with Gasteiger partial charge in [-0.05, 0) is 5.92 Å². The summed E-state index contributed by atoms with van der Waals surface area (Å²) in [5, 5.41) is 9.02. The van der Waals surface area contributed by atoms with Crippen molar-refractivity contribution in [3.05, 3.63) is 18.2 Å². The molecule has 108 valence electrons. The molecule has 9 heteroatoms. The van der Waals surface area contributed by atoms with Crippen LogP contribution in [0.3, 0.4) is 0 Å². The molecule has 0 radical (unpaired) electrons. The Labute approximate surface area is 111 Å². The molecule has 19 heavy (non-hydrogen) atoms. The normalized spacial score (nSPS) is 13.6. The van der Waals surface area contributed by atoms with Crippen molar-refractivity contribution in [2.45, 2.75) is 26.3 Å². The Morgan fingerprint density at radius 3 is 2.68 bits per heavy atom. The number of aromatic nitrogens is 2. The SMILES string of the molecule is CC(C)CNS(=O)(=O)N[C@@H](Cc1cnc[nH]1)C(=O)O. The van der Waals surface area contributed by atoms with Crippen molar-refractivity contribution in [1.29, 1.82) is 0 Å². The minimum absolute atomic E-state index is 0.00206. The highest BCUT2D eigenvalue weighted by Gasteiger charge is 2.24. The molecular weight excluding hydrogens is 272 g/mol. The van der Waals surface area contributed by atoms with Crippen molar-refractivity contribution in [1.82, 2.24) is 19.4 Å². The molecular formula is C10H18N4O4S. The number of nitrogens with zero attached hydrogens (tertiary/aromatic N) is 1. The van der Waals surface area contributed by atoms with Crippen LogP contribution in [0.2, 0.25) is 0 Å². The van der Waals surface area contributed by atoms with E-state index in [1.165, 1.54) is 12.5 Å². The Bertz CT molecular complexity index is 498. The van der Waals surface area contributed by atoms with Crippen LogP contribution in [0.5, 0.6) is 0 Å². The van der Waals surface area contributed by atoms with E-state index < -0.39 is 22.2 Å². The van der Waals surface area contributed by atoms with Crippen molar-refractivity contribution < 1.29 is 18.3 Å². The summed E-state index contributed by atoms with van der Waals surface area (Å²) in [6, 6.07) is -1.25. The van der Waals surface area contributed by atoms with Crippen molar-refractivity contribution >= 4 is 16.2 Å². The number of carboxylic acid groups (broad SMARTS) is 1. The molecule has 1 rings (SSSR count). The highest BCUT2D eigenvalue weighted by atomic mass is 32.2. The van der Waals surface area contributed by atoms with Gasteiger partial charge in [0.2, 0.25) is 0 Å². The molecule has 0 amide bonds. The Kier molecular flexibility index (Phi) is 5.45. The third-order valence-electron chi connectivity index (χ3n) is 2.26. The number of aromatic amines is 1. The highest BCUT2D eigenvalue weighted by molar-refractivity contribution is 7.87. The number of carbonyl (C=O) groups is 1. The smallest absolute Gasteiger partial charge is 0.322 e. The van der Waals surface area contributed by atoms with Gasteiger partial charge in [0.25, 0.3) is 10.2 Å². The fraction of sp³-hybridized carbons (Fsp3) is 0.600. The Morgan fingerprint density at radius 1 is 1.53 bits per heavy atom. The predicted molar refractivity (Wildman–Crippen MR) is 68.6 cm³/mol. The third-order valence-corrected chi connectivity index (χ3v) is 3.40. The van der Waals surface area contributed by atoms with Crippen molar-refractivity contribution in [3.63, 3.8) is 0 Å². The van der Waals surface area contributed by atoms with Gasteiger partial charge in [0, 0.05) is 24.9 Å². The lowest BCUT2D eigenvalue weighted by molar-refractivity contribution is -0.138. The van der Waals surface area contributed by atoms with Crippen molar-refractivity contribution in [2.24, 2.45) is 5.92 Å². The molecule has 0 aliphatic heterocycles. The molecule has 1 heterocycles. The summed E-state index contributed by atoms with van der Waals surface area (Å²) in [7, 11) is -3.84. The monoisotopic (exact) mass is 290 g/mol. The van der Waals surface area contributed by atoms with Crippen LogP contribution < -0.4 is 9.44 Å². The van der Waals surface area contributed by atoms with Crippen LogP contribution in [0.15, 0.2) is 12.5 Å². The maximum Gasteiger partial charge on any atom is 0.322 e. The largest absolute Gasteiger partial charge is 0.480 e. The van der Waals surface area contributed by atoms with Crippen LogP contribution in [-0.4, -0.2) is 42.0 Å². The molecule has 0 bridgehead atoms. The second-order valence-electron chi connectivity index (χ2n) is 4.54. The van der Waals surface area contributed by atoms with Gasteiger partial charge in [-0.3, -0.25) is 4.79 Å². The predicted octanol–water partition coefficient (Wildman–Crippen LogP) is -0.515. The van der Waals surface area contributed by atoms with Gasteiger partial charge in [-0.15, -0.1) is 0 Å². The number of carboxylic acids is 1. The van der Waals surface area contributed by atoms with Gasteiger partial charge in [-0.2, -0.15) is 13.1 Å². The van der Waals surface area contributed by atoms with Gasteiger partial charge in [-0.25, -0.2) is 9.71 Å². The summed E-state index contributed by atoms with van der Waals surface area (Å²) in [6.07, 6.45) is 2.85. The van der Waals surface area contributed by atoms with E-state index in [0.29, 0.717) is 5.69 Å². The average Bonchev–Trinajstić information content (AvgIpc) is 2.78. The number of imidazole rings is 1. The fourth-order valence-corrected chi connectivity index (χ4v) is 2.50.